The summed E-state index contributed by atoms with van der Waals surface area (Å²) in [5.74, 6) is -0.241. The number of anilines is 1. The van der Waals surface area contributed by atoms with Crippen LogP contribution in [0.5, 0.6) is 0 Å². The van der Waals surface area contributed by atoms with Crippen molar-refractivity contribution < 1.29 is 13.2 Å². The molecule has 1 heterocycles. The van der Waals surface area contributed by atoms with Crippen molar-refractivity contribution in [2.75, 3.05) is 10.6 Å². The number of nitrogens with zero attached hydrogens (tertiary/aromatic N) is 3. The highest BCUT2D eigenvalue weighted by Gasteiger charge is 2.21. The van der Waals surface area contributed by atoms with Gasteiger partial charge in [-0.2, -0.15) is 0 Å². The molecule has 0 unspecified atom stereocenters. The summed E-state index contributed by atoms with van der Waals surface area (Å²) in [5.41, 5.74) is 3.31. The van der Waals surface area contributed by atoms with E-state index in [0.29, 0.717) is 23.4 Å². The fourth-order valence-corrected chi connectivity index (χ4v) is 4.93. The number of sulfonamides is 1. The van der Waals surface area contributed by atoms with Gasteiger partial charge >= 0.3 is 0 Å². The molecule has 35 heavy (non-hydrogen) atoms. The minimum atomic E-state index is -3.64. The molecule has 4 rings (SSSR count). The number of hydrogen-bond donors (Lipinski definition) is 1. The molecular formula is C25H22Cl2N4O3S. The van der Waals surface area contributed by atoms with E-state index in [2.05, 4.69) is 10.3 Å². The number of halogens is 2. The second-order valence-corrected chi connectivity index (χ2v) is 10.5. The molecule has 10 heteroatoms. The molecule has 1 aromatic heterocycles. The molecule has 1 amide bonds. The van der Waals surface area contributed by atoms with Gasteiger partial charge in [0.15, 0.2) is 0 Å². The number of rotatable bonds is 8. The maximum absolute atomic E-state index is 12.7. The predicted octanol–water partition coefficient (Wildman–Crippen LogP) is 5.08. The van der Waals surface area contributed by atoms with Crippen LogP contribution in [0.3, 0.4) is 0 Å². The number of nitrogens with one attached hydrogen (secondary N) is 1. The van der Waals surface area contributed by atoms with Crippen molar-refractivity contribution in [3.8, 4) is 5.69 Å². The topological polar surface area (TPSA) is 84.3 Å². The molecule has 0 saturated heterocycles. The first-order chi connectivity index (χ1) is 16.7. The average molecular weight is 529 g/mol. The third-order valence-electron chi connectivity index (χ3n) is 5.36. The van der Waals surface area contributed by atoms with Gasteiger partial charge in [-0.15, -0.1) is 0 Å². The normalized spacial score (nSPS) is 11.3. The van der Waals surface area contributed by atoms with Gasteiger partial charge in [-0.3, -0.25) is 9.10 Å². The zero-order chi connectivity index (χ0) is 25.0. The summed E-state index contributed by atoms with van der Waals surface area (Å²) in [4.78, 5) is 16.8. The van der Waals surface area contributed by atoms with Crippen LogP contribution in [-0.2, 0) is 23.1 Å². The van der Waals surface area contributed by atoms with Gasteiger partial charge in [0.05, 0.1) is 40.5 Å². The van der Waals surface area contributed by atoms with E-state index in [9.17, 15) is 13.2 Å². The van der Waals surface area contributed by atoms with Crippen LogP contribution in [-0.4, -0.2) is 30.1 Å². The van der Waals surface area contributed by atoms with Crippen molar-refractivity contribution in [1.82, 2.24) is 14.9 Å². The van der Waals surface area contributed by atoms with Gasteiger partial charge < -0.3 is 9.88 Å². The van der Waals surface area contributed by atoms with Crippen LogP contribution in [0.1, 0.15) is 21.5 Å². The Bertz CT molecular complexity index is 1440. The van der Waals surface area contributed by atoms with Crippen molar-refractivity contribution in [3.63, 3.8) is 0 Å². The molecule has 0 fully saturated rings. The van der Waals surface area contributed by atoms with Gasteiger partial charge in [0, 0.05) is 24.5 Å². The molecule has 0 aliphatic rings. The lowest BCUT2D eigenvalue weighted by atomic mass is 10.1. The lowest BCUT2D eigenvalue weighted by molar-refractivity contribution is 0.0951. The van der Waals surface area contributed by atoms with Gasteiger partial charge in [0.25, 0.3) is 5.91 Å². The summed E-state index contributed by atoms with van der Waals surface area (Å²) < 4.78 is 28.0. The molecule has 0 aliphatic heterocycles. The number of carbonyl (C=O) groups is 1. The maximum Gasteiger partial charge on any atom is 0.251 e. The highest BCUT2D eigenvalue weighted by Crippen LogP contribution is 2.34. The Hall–Kier alpha value is -3.33. The SMILES string of the molecule is CS(=O)(=O)N(Cc1ccc(C(=O)NCc2ccccc2-n2ccnc2)cc1)c1cccc(Cl)c1Cl. The number of hydrogen-bond acceptors (Lipinski definition) is 4. The van der Waals surface area contributed by atoms with E-state index in [1.54, 1.807) is 55.0 Å². The lowest BCUT2D eigenvalue weighted by Gasteiger charge is -2.24. The fraction of sp³-hybridized carbons (Fsp3) is 0.120. The number of imidazole rings is 1. The third kappa shape index (κ3) is 5.85. The van der Waals surface area contributed by atoms with Crippen LogP contribution < -0.4 is 9.62 Å². The molecule has 3 aromatic carbocycles. The van der Waals surface area contributed by atoms with Gasteiger partial charge in [0.2, 0.25) is 10.0 Å². The highest BCUT2D eigenvalue weighted by atomic mass is 35.5. The van der Waals surface area contributed by atoms with Crippen LogP contribution in [0.25, 0.3) is 5.69 Å². The Morgan fingerprint density at radius 1 is 1.03 bits per heavy atom. The van der Waals surface area contributed by atoms with E-state index >= 15 is 0 Å². The Morgan fingerprint density at radius 2 is 1.77 bits per heavy atom. The minimum absolute atomic E-state index is 0.0407. The minimum Gasteiger partial charge on any atom is -0.348 e. The summed E-state index contributed by atoms with van der Waals surface area (Å²) in [7, 11) is -3.64. The molecule has 7 nitrogen and oxygen atoms in total. The number of aromatic nitrogens is 2. The smallest absolute Gasteiger partial charge is 0.251 e. The maximum atomic E-state index is 12.7. The first-order valence-electron chi connectivity index (χ1n) is 10.6. The molecule has 0 saturated carbocycles. The number of amides is 1. The van der Waals surface area contributed by atoms with Gasteiger partial charge in [0.1, 0.15) is 0 Å². The van der Waals surface area contributed by atoms with Crippen molar-refractivity contribution >= 4 is 44.8 Å². The van der Waals surface area contributed by atoms with Crippen LogP contribution in [0.15, 0.2) is 85.5 Å². The largest absolute Gasteiger partial charge is 0.348 e. The fourth-order valence-electron chi connectivity index (χ4n) is 3.58. The quantitative estimate of drug-likeness (QED) is 0.345. The van der Waals surface area contributed by atoms with Crippen molar-refractivity contribution in [1.29, 1.82) is 0 Å². The van der Waals surface area contributed by atoms with Crippen molar-refractivity contribution in [2.24, 2.45) is 0 Å². The molecule has 0 radical (unpaired) electrons. The van der Waals surface area contributed by atoms with Gasteiger partial charge in [-0.25, -0.2) is 13.4 Å². The van der Waals surface area contributed by atoms with Crippen LogP contribution in [0.4, 0.5) is 5.69 Å². The Kier molecular flexibility index (Phi) is 7.45. The number of benzene rings is 3. The summed E-state index contributed by atoms with van der Waals surface area (Å²) in [6.45, 7) is 0.378. The second-order valence-electron chi connectivity index (χ2n) is 7.82. The van der Waals surface area contributed by atoms with E-state index in [0.717, 1.165) is 17.5 Å². The van der Waals surface area contributed by atoms with Crippen LogP contribution in [0, 0.1) is 0 Å². The first-order valence-corrected chi connectivity index (χ1v) is 13.2. The van der Waals surface area contributed by atoms with E-state index in [1.165, 1.54) is 4.31 Å². The predicted molar refractivity (Wildman–Crippen MR) is 139 cm³/mol. The number of para-hydroxylation sites is 1. The van der Waals surface area contributed by atoms with E-state index in [4.69, 9.17) is 23.2 Å². The molecule has 180 valence electrons. The average Bonchev–Trinajstić information content (AvgIpc) is 3.38. The molecule has 4 aromatic rings. The molecule has 0 atom stereocenters. The summed E-state index contributed by atoms with van der Waals surface area (Å²) in [6, 6.07) is 19.3. The molecule has 0 spiro atoms. The van der Waals surface area contributed by atoms with Crippen LogP contribution >= 0.6 is 23.2 Å². The van der Waals surface area contributed by atoms with Crippen LogP contribution in [0.2, 0.25) is 10.0 Å². The summed E-state index contributed by atoms with van der Waals surface area (Å²) >= 11 is 12.3. The highest BCUT2D eigenvalue weighted by molar-refractivity contribution is 7.92. The Labute approximate surface area is 214 Å². The summed E-state index contributed by atoms with van der Waals surface area (Å²) in [5, 5.41) is 3.35. The number of carbonyl (C=O) groups excluding carboxylic acids is 1. The van der Waals surface area contributed by atoms with Gasteiger partial charge in [-0.1, -0.05) is 59.6 Å². The first kappa shape index (κ1) is 24.8. The molecule has 0 aliphatic carbocycles. The van der Waals surface area contributed by atoms with Crippen molar-refractivity contribution in [2.45, 2.75) is 13.1 Å². The molecule has 0 bridgehead atoms. The van der Waals surface area contributed by atoms with Crippen molar-refractivity contribution in [3.05, 3.63) is 112 Å². The van der Waals surface area contributed by atoms with E-state index < -0.39 is 10.0 Å². The third-order valence-corrected chi connectivity index (χ3v) is 7.29. The zero-order valence-corrected chi connectivity index (χ0v) is 21.1. The zero-order valence-electron chi connectivity index (χ0n) is 18.7. The van der Waals surface area contributed by atoms with Gasteiger partial charge in [-0.05, 0) is 41.5 Å². The monoisotopic (exact) mass is 528 g/mol. The Balaban J connectivity index is 1.47. The Morgan fingerprint density at radius 3 is 2.46 bits per heavy atom. The second kappa shape index (κ2) is 10.5. The standard InChI is InChI=1S/C25H22Cl2N4O3S/c1-35(33,34)31(23-8-4-6-21(26)24(23)27)16-18-9-11-19(12-10-18)25(32)29-15-20-5-2-3-7-22(20)30-14-13-28-17-30/h2-14,17H,15-16H2,1H3,(H,29,32). The molecular weight excluding hydrogens is 507 g/mol. The molecule has 1 N–H and O–H groups in total. The lowest BCUT2D eigenvalue weighted by Crippen LogP contribution is -2.29. The summed E-state index contributed by atoms with van der Waals surface area (Å²) in [6.07, 6.45) is 6.35. The van der Waals surface area contributed by atoms with E-state index in [-0.39, 0.29) is 22.5 Å². The van der Waals surface area contributed by atoms with E-state index in [1.807, 2.05) is 35.0 Å².